The van der Waals surface area contributed by atoms with Gasteiger partial charge in [-0.1, -0.05) is 18.2 Å². The monoisotopic (exact) mass is 409 g/mol. The standard InChI is InChI=1S/C22H21F2N5O/c23-16-6-5-13(12-17(16)24)11-15-20(14-7-9-25-10-8-14)28-29(21(15)30)22-26-18-3-1-2-4-19(18)27-22/h1-6,12,14,25,28H,7-11H2,(H,26,27). The third kappa shape index (κ3) is 3.33. The van der Waals surface area contributed by atoms with E-state index in [0.29, 0.717) is 17.1 Å². The average Bonchev–Trinajstić information content (AvgIpc) is 3.33. The molecule has 4 aromatic rings. The van der Waals surface area contributed by atoms with Gasteiger partial charge in [-0.25, -0.2) is 13.8 Å². The fourth-order valence-corrected chi connectivity index (χ4v) is 4.16. The molecule has 0 amide bonds. The minimum Gasteiger partial charge on any atom is -0.322 e. The van der Waals surface area contributed by atoms with Gasteiger partial charge in [0.05, 0.1) is 11.0 Å². The van der Waals surface area contributed by atoms with E-state index < -0.39 is 11.6 Å². The Labute approximate surface area is 170 Å². The Morgan fingerprint density at radius 3 is 2.63 bits per heavy atom. The van der Waals surface area contributed by atoms with Crippen molar-refractivity contribution >= 4 is 11.0 Å². The summed E-state index contributed by atoms with van der Waals surface area (Å²) in [6, 6.07) is 11.3. The number of para-hydroxylation sites is 2. The molecule has 0 bridgehead atoms. The normalized spacial score (nSPS) is 15.1. The van der Waals surface area contributed by atoms with Crippen molar-refractivity contribution in [2.75, 3.05) is 13.1 Å². The number of piperidine rings is 1. The smallest absolute Gasteiger partial charge is 0.277 e. The van der Waals surface area contributed by atoms with E-state index in [2.05, 4.69) is 20.4 Å². The molecule has 0 radical (unpaired) electrons. The van der Waals surface area contributed by atoms with Crippen molar-refractivity contribution in [1.29, 1.82) is 0 Å². The Hall–Kier alpha value is -3.26. The fourth-order valence-electron chi connectivity index (χ4n) is 4.16. The first kappa shape index (κ1) is 18.7. The molecular weight excluding hydrogens is 388 g/mol. The van der Waals surface area contributed by atoms with Crippen LogP contribution in [0, 0.1) is 11.6 Å². The summed E-state index contributed by atoms with van der Waals surface area (Å²) in [4.78, 5) is 21.1. The zero-order chi connectivity index (χ0) is 20.7. The molecule has 1 saturated heterocycles. The van der Waals surface area contributed by atoms with Crippen LogP contribution in [0.3, 0.4) is 0 Å². The molecule has 0 saturated carbocycles. The lowest BCUT2D eigenvalue weighted by Crippen LogP contribution is -2.27. The maximum Gasteiger partial charge on any atom is 0.277 e. The zero-order valence-electron chi connectivity index (χ0n) is 16.2. The van der Waals surface area contributed by atoms with Crippen molar-refractivity contribution in [2.45, 2.75) is 25.2 Å². The average molecular weight is 409 g/mol. The first-order valence-electron chi connectivity index (χ1n) is 10.0. The number of aromatic nitrogens is 4. The summed E-state index contributed by atoms with van der Waals surface area (Å²) in [5, 5.41) is 6.59. The third-order valence-electron chi connectivity index (χ3n) is 5.72. The van der Waals surface area contributed by atoms with Gasteiger partial charge in [-0.3, -0.25) is 9.89 Å². The molecule has 6 nitrogen and oxygen atoms in total. The summed E-state index contributed by atoms with van der Waals surface area (Å²) in [6.07, 6.45) is 2.01. The Kier molecular flexibility index (Phi) is 4.71. The number of imidazole rings is 1. The highest BCUT2D eigenvalue weighted by atomic mass is 19.2. The van der Waals surface area contributed by atoms with E-state index >= 15 is 0 Å². The molecule has 8 heteroatoms. The molecule has 0 atom stereocenters. The number of benzene rings is 2. The fraction of sp³-hybridized carbons (Fsp3) is 0.273. The van der Waals surface area contributed by atoms with Gasteiger partial charge in [0.15, 0.2) is 11.6 Å². The maximum absolute atomic E-state index is 13.7. The van der Waals surface area contributed by atoms with Gasteiger partial charge in [0, 0.05) is 23.6 Å². The van der Waals surface area contributed by atoms with Crippen molar-refractivity contribution in [3.8, 4) is 5.95 Å². The second-order valence-corrected chi connectivity index (χ2v) is 7.67. The summed E-state index contributed by atoms with van der Waals surface area (Å²) < 4.78 is 28.5. The van der Waals surface area contributed by atoms with Gasteiger partial charge in [0.25, 0.3) is 5.56 Å². The minimum absolute atomic E-state index is 0.185. The molecule has 5 rings (SSSR count). The molecule has 3 heterocycles. The van der Waals surface area contributed by atoms with Crippen LogP contribution in [0.5, 0.6) is 0 Å². The van der Waals surface area contributed by atoms with E-state index in [1.165, 1.54) is 10.7 Å². The van der Waals surface area contributed by atoms with Gasteiger partial charge in [-0.2, -0.15) is 4.68 Å². The van der Waals surface area contributed by atoms with E-state index in [1.54, 1.807) is 0 Å². The summed E-state index contributed by atoms with van der Waals surface area (Å²) in [7, 11) is 0. The number of rotatable bonds is 4. The number of H-pyrrole nitrogens is 2. The van der Waals surface area contributed by atoms with E-state index in [4.69, 9.17) is 0 Å². The van der Waals surface area contributed by atoms with Crippen LogP contribution in [0.4, 0.5) is 8.78 Å². The molecule has 3 N–H and O–H groups in total. The Morgan fingerprint density at radius 1 is 1.07 bits per heavy atom. The Morgan fingerprint density at radius 2 is 1.87 bits per heavy atom. The lowest BCUT2D eigenvalue weighted by atomic mass is 9.90. The van der Waals surface area contributed by atoms with Crippen molar-refractivity contribution in [1.82, 2.24) is 25.1 Å². The van der Waals surface area contributed by atoms with Crippen LogP contribution in [0.1, 0.15) is 35.6 Å². The molecule has 1 fully saturated rings. The lowest BCUT2D eigenvalue weighted by Gasteiger charge is -2.22. The third-order valence-corrected chi connectivity index (χ3v) is 5.72. The summed E-state index contributed by atoms with van der Waals surface area (Å²) in [5.41, 5.74) is 3.32. The molecule has 154 valence electrons. The molecule has 2 aromatic carbocycles. The van der Waals surface area contributed by atoms with Gasteiger partial charge in [-0.05, 0) is 55.8 Å². The number of nitrogens with one attached hydrogen (secondary N) is 3. The van der Waals surface area contributed by atoms with Gasteiger partial charge < -0.3 is 10.3 Å². The molecule has 30 heavy (non-hydrogen) atoms. The number of hydrogen-bond acceptors (Lipinski definition) is 3. The van der Waals surface area contributed by atoms with Crippen LogP contribution in [0.2, 0.25) is 0 Å². The van der Waals surface area contributed by atoms with Gasteiger partial charge in [0.2, 0.25) is 5.95 Å². The Bertz CT molecular complexity index is 1230. The molecule has 2 aromatic heterocycles. The summed E-state index contributed by atoms with van der Waals surface area (Å²) in [5.74, 6) is -1.21. The van der Waals surface area contributed by atoms with Crippen molar-refractivity contribution in [3.63, 3.8) is 0 Å². The highest BCUT2D eigenvalue weighted by Gasteiger charge is 2.25. The molecule has 1 aliphatic rings. The Balaban J connectivity index is 1.61. The second kappa shape index (κ2) is 7.53. The summed E-state index contributed by atoms with van der Waals surface area (Å²) >= 11 is 0. The molecule has 0 unspecified atom stereocenters. The SMILES string of the molecule is O=c1c(Cc2ccc(F)c(F)c2)c(C2CCNCC2)[nH]n1-c1nc2ccccc2[nH]1. The van der Waals surface area contributed by atoms with Crippen molar-refractivity contribution < 1.29 is 8.78 Å². The minimum atomic E-state index is -0.913. The summed E-state index contributed by atoms with van der Waals surface area (Å²) in [6.45, 7) is 1.74. The first-order chi connectivity index (χ1) is 14.6. The number of nitrogens with zero attached hydrogens (tertiary/aromatic N) is 2. The van der Waals surface area contributed by atoms with Gasteiger partial charge in [-0.15, -0.1) is 0 Å². The van der Waals surface area contributed by atoms with E-state index in [-0.39, 0.29) is 17.9 Å². The van der Waals surface area contributed by atoms with E-state index in [0.717, 1.165) is 54.8 Å². The number of halogens is 2. The van der Waals surface area contributed by atoms with Crippen LogP contribution in [-0.4, -0.2) is 32.8 Å². The lowest BCUT2D eigenvalue weighted by molar-refractivity contribution is 0.449. The quantitative estimate of drug-likeness (QED) is 0.484. The van der Waals surface area contributed by atoms with Crippen molar-refractivity contribution in [2.24, 2.45) is 0 Å². The van der Waals surface area contributed by atoms with E-state index in [1.807, 2.05) is 24.3 Å². The highest BCUT2D eigenvalue weighted by molar-refractivity contribution is 5.75. The van der Waals surface area contributed by atoms with Gasteiger partial charge in [0.1, 0.15) is 0 Å². The van der Waals surface area contributed by atoms with Crippen LogP contribution in [0.15, 0.2) is 47.3 Å². The van der Waals surface area contributed by atoms with Gasteiger partial charge >= 0.3 is 0 Å². The maximum atomic E-state index is 13.7. The highest BCUT2D eigenvalue weighted by Crippen LogP contribution is 2.27. The topological polar surface area (TPSA) is 78.5 Å². The zero-order valence-corrected chi connectivity index (χ0v) is 16.2. The molecule has 1 aliphatic heterocycles. The van der Waals surface area contributed by atoms with Crippen LogP contribution in [-0.2, 0) is 6.42 Å². The molecular formula is C22H21F2N5O. The van der Waals surface area contributed by atoms with E-state index in [9.17, 15) is 13.6 Å². The molecule has 0 aliphatic carbocycles. The van der Waals surface area contributed by atoms with Crippen LogP contribution >= 0.6 is 0 Å². The number of hydrogen-bond donors (Lipinski definition) is 3. The van der Waals surface area contributed by atoms with Crippen LogP contribution in [0.25, 0.3) is 17.0 Å². The predicted octanol–water partition coefficient (Wildman–Crippen LogP) is 3.38. The second-order valence-electron chi connectivity index (χ2n) is 7.67. The molecule has 0 spiro atoms. The number of aromatic amines is 2. The predicted molar refractivity (Wildman–Crippen MR) is 110 cm³/mol. The largest absolute Gasteiger partial charge is 0.322 e. The first-order valence-corrected chi connectivity index (χ1v) is 10.0. The number of fused-ring (bicyclic) bond motifs is 1. The van der Waals surface area contributed by atoms with Crippen LogP contribution < -0.4 is 10.9 Å². The van der Waals surface area contributed by atoms with Crippen molar-refractivity contribution in [3.05, 3.63) is 81.3 Å².